The normalized spacial score (nSPS) is 17.0. The van der Waals surface area contributed by atoms with E-state index in [0.717, 1.165) is 16.9 Å². The number of aromatic nitrogens is 2. The van der Waals surface area contributed by atoms with Gasteiger partial charge in [-0.25, -0.2) is 9.78 Å². The quantitative estimate of drug-likeness (QED) is 0.813. The van der Waals surface area contributed by atoms with Crippen LogP contribution in [0.4, 0.5) is 4.79 Å². The summed E-state index contributed by atoms with van der Waals surface area (Å²) in [6, 6.07) is 5.65. The number of imidazole rings is 1. The van der Waals surface area contributed by atoms with Gasteiger partial charge in [0.05, 0.1) is 11.0 Å². The van der Waals surface area contributed by atoms with E-state index in [-0.39, 0.29) is 12.7 Å². The molecule has 1 atom stereocenters. The van der Waals surface area contributed by atoms with E-state index in [9.17, 15) is 9.90 Å². The second kappa shape index (κ2) is 8.36. The van der Waals surface area contributed by atoms with Crippen LogP contribution in [0, 0.1) is 6.92 Å². The average molecular weight is 390 g/mol. The van der Waals surface area contributed by atoms with Gasteiger partial charge in [0.2, 0.25) is 0 Å². The van der Waals surface area contributed by atoms with Crippen LogP contribution in [0.1, 0.15) is 26.6 Å². The van der Waals surface area contributed by atoms with E-state index in [4.69, 9.17) is 9.47 Å². The molecule has 1 amide bonds. The summed E-state index contributed by atoms with van der Waals surface area (Å²) in [4.78, 5) is 23.5. The minimum atomic E-state index is -0.604. The highest BCUT2D eigenvalue weighted by molar-refractivity contribution is 5.76. The molecular formula is C20H30N4O4. The Morgan fingerprint density at radius 1 is 1.29 bits per heavy atom. The number of nitrogens with one attached hydrogen (secondary N) is 1. The second-order valence-electron chi connectivity index (χ2n) is 8.23. The molecule has 0 radical (unpaired) electrons. The van der Waals surface area contributed by atoms with E-state index in [2.05, 4.69) is 14.9 Å². The van der Waals surface area contributed by atoms with Crippen molar-refractivity contribution >= 4 is 17.1 Å². The first-order chi connectivity index (χ1) is 13.2. The Kier molecular flexibility index (Phi) is 6.10. The number of H-pyrrole nitrogens is 1. The number of ether oxygens (including phenoxy) is 2. The predicted octanol–water partition coefficient (Wildman–Crippen LogP) is 2.16. The first-order valence-electron chi connectivity index (χ1n) is 9.67. The summed E-state index contributed by atoms with van der Waals surface area (Å²) in [7, 11) is 0. The van der Waals surface area contributed by atoms with E-state index < -0.39 is 11.7 Å². The summed E-state index contributed by atoms with van der Waals surface area (Å²) in [5.41, 5.74) is 1.33. The largest absolute Gasteiger partial charge is 0.491 e. The number of aromatic amines is 1. The highest BCUT2D eigenvalue weighted by atomic mass is 16.6. The topological polar surface area (TPSA) is 90.9 Å². The zero-order chi connectivity index (χ0) is 20.3. The molecule has 1 aliphatic heterocycles. The summed E-state index contributed by atoms with van der Waals surface area (Å²) in [6.45, 7) is 10.8. The van der Waals surface area contributed by atoms with Gasteiger partial charge >= 0.3 is 6.09 Å². The molecule has 1 unspecified atom stereocenters. The molecule has 1 saturated heterocycles. The number of benzene rings is 1. The highest BCUT2D eigenvalue weighted by Gasteiger charge is 2.26. The lowest BCUT2D eigenvalue weighted by Gasteiger charge is -2.36. The molecule has 1 fully saturated rings. The van der Waals surface area contributed by atoms with Crippen LogP contribution in [0.15, 0.2) is 18.2 Å². The lowest BCUT2D eigenvalue weighted by Crippen LogP contribution is -2.51. The smallest absolute Gasteiger partial charge is 0.410 e. The molecule has 0 aliphatic carbocycles. The maximum atomic E-state index is 12.1. The Morgan fingerprint density at radius 2 is 2.00 bits per heavy atom. The van der Waals surface area contributed by atoms with E-state index in [1.807, 2.05) is 45.9 Å². The predicted molar refractivity (Wildman–Crippen MR) is 107 cm³/mol. The van der Waals surface area contributed by atoms with Gasteiger partial charge in [0.15, 0.2) is 0 Å². The van der Waals surface area contributed by atoms with Gasteiger partial charge < -0.3 is 24.5 Å². The number of nitrogens with zero attached hydrogens (tertiary/aromatic N) is 3. The van der Waals surface area contributed by atoms with Crippen molar-refractivity contribution in [2.75, 3.05) is 39.3 Å². The van der Waals surface area contributed by atoms with Crippen molar-refractivity contribution in [1.29, 1.82) is 0 Å². The zero-order valence-corrected chi connectivity index (χ0v) is 17.1. The van der Waals surface area contributed by atoms with Gasteiger partial charge in [-0.05, 0) is 39.8 Å². The van der Waals surface area contributed by atoms with Gasteiger partial charge in [-0.3, -0.25) is 4.90 Å². The van der Waals surface area contributed by atoms with Crippen LogP contribution in [-0.4, -0.2) is 82.0 Å². The number of hydrogen-bond acceptors (Lipinski definition) is 6. The molecular weight excluding hydrogens is 360 g/mol. The maximum absolute atomic E-state index is 12.1. The molecule has 1 aliphatic rings. The number of piperazine rings is 1. The second-order valence-corrected chi connectivity index (χ2v) is 8.23. The van der Waals surface area contributed by atoms with Crippen molar-refractivity contribution in [3.63, 3.8) is 0 Å². The third-order valence-corrected chi connectivity index (χ3v) is 4.51. The lowest BCUT2D eigenvalue weighted by atomic mass is 10.2. The van der Waals surface area contributed by atoms with Crippen molar-refractivity contribution in [2.45, 2.75) is 39.4 Å². The summed E-state index contributed by atoms with van der Waals surface area (Å²) in [5, 5.41) is 10.3. The number of carbonyl (C=O) groups is 1. The van der Waals surface area contributed by atoms with E-state index in [1.165, 1.54) is 0 Å². The van der Waals surface area contributed by atoms with Crippen molar-refractivity contribution < 1.29 is 19.4 Å². The molecule has 8 nitrogen and oxygen atoms in total. The number of fused-ring (bicyclic) bond motifs is 1. The SMILES string of the molecule is Cc1nc2ccc(OCC(O)CN3CCN(C(=O)OC(C)(C)C)CC3)cc2[nH]1. The zero-order valence-electron chi connectivity index (χ0n) is 17.1. The highest BCUT2D eigenvalue weighted by Crippen LogP contribution is 2.19. The van der Waals surface area contributed by atoms with Crippen LogP contribution in [0.5, 0.6) is 5.75 Å². The third kappa shape index (κ3) is 5.59. The lowest BCUT2D eigenvalue weighted by molar-refractivity contribution is 0.00713. The molecule has 154 valence electrons. The van der Waals surface area contributed by atoms with Gasteiger partial charge in [-0.2, -0.15) is 0 Å². The van der Waals surface area contributed by atoms with Crippen LogP contribution in [-0.2, 0) is 4.74 Å². The molecule has 8 heteroatoms. The maximum Gasteiger partial charge on any atom is 0.410 e. The fourth-order valence-corrected chi connectivity index (χ4v) is 3.19. The molecule has 0 bridgehead atoms. The average Bonchev–Trinajstić information content (AvgIpc) is 2.98. The summed E-state index contributed by atoms with van der Waals surface area (Å²) in [5.74, 6) is 1.56. The summed E-state index contributed by atoms with van der Waals surface area (Å²) in [6.07, 6.45) is -0.882. The van der Waals surface area contributed by atoms with Gasteiger partial charge in [0.25, 0.3) is 0 Å². The minimum Gasteiger partial charge on any atom is -0.491 e. The van der Waals surface area contributed by atoms with Crippen molar-refractivity contribution in [1.82, 2.24) is 19.8 Å². The van der Waals surface area contributed by atoms with Crippen LogP contribution in [0.2, 0.25) is 0 Å². The van der Waals surface area contributed by atoms with Crippen molar-refractivity contribution in [3.05, 3.63) is 24.0 Å². The fourth-order valence-electron chi connectivity index (χ4n) is 3.19. The standard InChI is InChI=1S/C20H30N4O4/c1-14-21-17-6-5-16(11-18(17)22-14)27-13-15(25)12-23-7-9-24(10-8-23)19(26)28-20(2,3)4/h5-6,11,15,25H,7-10,12-13H2,1-4H3,(H,21,22). The monoisotopic (exact) mass is 390 g/mol. The molecule has 2 N–H and O–H groups in total. The third-order valence-electron chi connectivity index (χ3n) is 4.51. The van der Waals surface area contributed by atoms with E-state index in [0.29, 0.717) is 38.5 Å². The number of β-amino-alcohol motifs (C(OH)–C–C–N with tert-alkyl or cyclic N) is 1. The number of hydrogen-bond donors (Lipinski definition) is 2. The number of aliphatic hydroxyl groups is 1. The number of carbonyl (C=O) groups excluding carboxylic acids is 1. The minimum absolute atomic E-state index is 0.213. The molecule has 28 heavy (non-hydrogen) atoms. The molecule has 2 aromatic rings. The van der Waals surface area contributed by atoms with Crippen LogP contribution >= 0.6 is 0 Å². The van der Waals surface area contributed by atoms with Gasteiger partial charge in [-0.1, -0.05) is 0 Å². The van der Waals surface area contributed by atoms with Crippen molar-refractivity contribution in [3.8, 4) is 5.75 Å². The van der Waals surface area contributed by atoms with Crippen LogP contribution in [0.25, 0.3) is 11.0 Å². The Balaban J connectivity index is 1.41. The number of rotatable bonds is 5. The molecule has 1 aromatic carbocycles. The van der Waals surface area contributed by atoms with Gasteiger partial charge in [0, 0.05) is 38.8 Å². The van der Waals surface area contributed by atoms with E-state index in [1.54, 1.807) is 4.90 Å². The van der Waals surface area contributed by atoms with E-state index >= 15 is 0 Å². The molecule has 3 rings (SSSR count). The van der Waals surface area contributed by atoms with Gasteiger partial charge in [0.1, 0.15) is 29.9 Å². The fraction of sp³-hybridized carbons (Fsp3) is 0.600. The Labute approximate surface area is 165 Å². The first kappa shape index (κ1) is 20.4. The molecule has 0 spiro atoms. The number of aryl methyl sites for hydroxylation is 1. The summed E-state index contributed by atoms with van der Waals surface area (Å²) >= 11 is 0. The first-order valence-corrected chi connectivity index (χ1v) is 9.67. The number of amides is 1. The van der Waals surface area contributed by atoms with Crippen LogP contribution in [0.3, 0.4) is 0 Å². The Bertz CT molecular complexity index is 806. The molecule has 0 saturated carbocycles. The van der Waals surface area contributed by atoms with Gasteiger partial charge in [-0.15, -0.1) is 0 Å². The summed E-state index contributed by atoms with van der Waals surface area (Å²) < 4.78 is 11.1. The molecule has 1 aromatic heterocycles. The number of aliphatic hydroxyl groups excluding tert-OH is 1. The van der Waals surface area contributed by atoms with Crippen LogP contribution < -0.4 is 4.74 Å². The Morgan fingerprint density at radius 3 is 2.68 bits per heavy atom. The molecule has 2 heterocycles. The Hall–Kier alpha value is -2.32. The van der Waals surface area contributed by atoms with Crippen molar-refractivity contribution in [2.24, 2.45) is 0 Å².